The van der Waals surface area contributed by atoms with Gasteiger partial charge in [-0.1, -0.05) is 247 Å². The fraction of sp³-hybridized carbons (Fsp3) is 0.737. The molecular weight excluding hydrogens is 747 g/mol. The molecule has 0 aliphatic heterocycles. The summed E-state index contributed by atoms with van der Waals surface area (Å²) in [5.74, 6) is -0.0819. The Kier molecular flexibility index (Phi) is 49.8. The molecule has 0 aromatic rings. The SMILES string of the molecule is CC/C=C\C/C=C\C/C=C\C/C=C\CCCCCCCCCCCCCCC(=O)NC(CO)C(O)/C=C/CC/C=C/CC/C=C/CCCCCCCCCCCCCCCC. The number of nitrogens with one attached hydrogen (secondary N) is 1. The molecule has 3 N–H and O–H groups in total. The molecule has 0 saturated carbocycles. The van der Waals surface area contributed by atoms with E-state index in [2.05, 4.69) is 92.1 Å². The Morgan fingerprint density at radius 2 is 0.738 bits per heavy atom. The summed E-state index contributed by atoms with van der Waals surface area (Å²) >= 11 is 0. The monoisotopic (exact) mass is 848 g/mol. The maximum atomic E-state index is 12.5. The van der Waals surface area contributed by atoms with Crippen LogP contribution in [0.1, 0.15) is 251 Å². The fourth-order valence-corrected chi connectivity index (χ4v) is 7.61. The second-order valence-electron chi connectivity index (χ2n) is 17.5. The number of hydrogen-bond donors (Lipinski definition) is 3. The maximum Gasteiger partial charge on any atom is 0.220 e. The van der Waals surface area contributed by atoms with Crippen LogP contribution in [0.25, 0.3) is 0 Å². The molecule has 61 heavy (non-hydrogen) atoms. The fourth-order valence-electron chi connectivity index (χ4n) is 7.61. The van der Waals surface area contributed by atoms with E-state index in [1.807, 2.05) is 6.08 Å². The first-order valence-electron chi connectivity index (χ1n) is 26.3. The Labute approximate surface area is 380 Å². The van der Waals surface area contributed by atoms with Gasteiger partial charge in [0.05, 0.1) is 18.8 Å². The summed E-state index contributed by atoms with van der Waals surface area (Å²) in [6.07, 6.45) is 75.8. The van der Waals surface area contributed by atoms with E-state index in [0.717, 1.165) is 64.2 Å². The third kappa shape index (κ3) is 48.5. The zero-order chi connectivity index (χ0) is 44.2. The Morgan fingerprint density at radius 1 is 0.410 bits per heavy atom. The minimum atomic E-state index is -0.876. The quantitative estimate of drug-likeness (QED) is 0.0422. The van der Waals surface area contributed by atoms with Crippen molar-refractivity contribution < 1.29 is 15.0 Å². The van der Waals surface area contributed by atoms with Gasteiger partial charge in [-0.25, -0.2) is 0 Å². The molecule has 4 heteroatoms. The summed E-state index contributed by atoms with van der Waals surface area (Å²) in [6, 6.07) is -0.652. The minimum Gasteiger partial charge on any atom is -0.394 e. The lowest BCUT2D eigenvalue weighted by Gasteiger charge is -2.19. The van der Waals surface area contributed by atoms with Gasteiger partial charge in [0, 0.05) is 6.42 Å². The van der Waals surface area contributed by atoms with Crippen molar-refractivity contribution in [1.29, 1.82) is 0 Å². The van der Waals surface area contributed by atoms with Gasteiger partial charge in [0.25, 0.3) is 0 Å². The first-order valence-corrected chi connectivity index (χ1v) is 26.3. The third-order valence-corrected chi connectivity index (χ3v) is 11.6. The van der Waals surface area contributed by atoms with Gasteiger partial charge in [-0.2, -0.15) is 0 Å². The highest BCUT2D eigenvalue weighted by molar-refractivity contribution is 5.76. The molecule has 0 fully saturated rings. The maximum absolute atomic E-state index is 12.5. The van der Waals surface area contributed by atoms with Crippen molar-refractivity contribution in [1.82, 2.24) is 5.32 Å². The average Bonchev–Trinajstić information content (AvgIpc) is 3.26. The molecule has 0 radical (unpaired) electrons. The van der Waals surface area contributed by atoms with Gasteiger partial charge in [-0.15, -0.1) is 0 Å². The summed E-state index contributed by atoms with van der Waals surface area (Å²) < 4.78 is 0. The van der Waals surface area contributed by atoms with Gasteiger partial charge in [-0.3, -0.25) is 4.79 Å². The normalized spacial score (nSPS) is 13.6. The van der Waals surface area contributed by atoms with Gasteiger partial charge >= 0.3 is 0 Å². The molecule has 352 valence electrons. The van der Waals surface area contributed by atoms with E-state index in [4.69, 9.17) is 0 Å². The summed E-state index contributed by atoms with van der Waals surface area (Å²) in [7, 11) is 0. The second kappa shape index (κ2) is 51.9. The van der Waals surface area contributed by atoms with E-state index >= 15 is 0 Å². The molecule has 2 unspecified atom stereocenters. The van der Waals surface area contributed by atoms with Crippen molar-refractivity contribution in [2.45, 2.75) is 264 Å². The molecule has 0 saturated heterocycles. The van der Waals surface area contributed by atoms with Crippen LogP contribution in [-0.2, 0) is 4.79 Å². The van der Waals surface area contributed by atoms with Gasteiger partial charge in [0.2, 0.25) is 5.91 Å². The molecule has 1 amide bonds. The van der Waals surface area contributed by atoms with Crippen molar-refractivity contribution in [2.75, 3.05) is 6.61 Å². The van der Waals surface area contributed by atoms with Crippen molar-refractivity contribution in [2.24, 2.45) is 0 Å². The van der Waals surface area contributed by atoms with E-state index in [1.165, 1.54) is 167 Å². The summed E-state index contributed by atoms with van der Waals surface area (Å²) in [5.41, 5.74) is 0. The molecule has 0 bridgehead atoms. The molecular formula is C57H101NO3. The summed E-state index contributed by atoms with van der Waals surface area (Å²) in [4.78, 5) is 12.5. The number of allylic oxidation sites excluding steroid dienone is 13. The van der Waals surface area contributed by atoms with Gasteiger partial charge in [-0.05, 0) is 83.5 Å². The highest BCUT2D eigenvalue weighted by Gasteiger charge is 2.17. The van der Waals surface area contributed by atoms with Crippen LogP contribution < -0.4 is 5.32 Å². The molecule has 0 aromatic heterocycles. The molecule has 0 spiro atoms. The van der Waals surface area contributed by atoms with Crippen LogP contribution in [0, 0.1) is 0 Å². The molecule has 2 atom stereocenters. The topological polar surface area (TPSA) is 69.6 Å². The van der Waals surface area contributed by atoms with Gasteiger partial charge in [0.15, 0.2) is 0 Å². The predicted octanol–water partition coefficient (Wildman–Crippen LogP) is 17.2. The standard InChI is InChI=1S/C57H101NO3/c1-3-5-7-9-11-13-15-17-19-21-23-25-27-29-31-33-35-37-39-41-43-45-47-49-51-53-57(61)58-55(54-59)56(60)52-50-48-46-44-42-40-38-36-34-32-30-28-26-24-22-20-18-16-14-12-10-8-6-4-2/h5,7,11,13,17,19,23,25,34,36,42,44,50,52,55-56,59-60H,3-4,6,8-10,12,14-16,18,20-22,24,26-33,35,37-41,43,45-49,51,53-54H2,1-2H3,(H,58,61)/b7-5-,13-11-,19-17-,25-23-,36-34+,44-42+,52-50+. The minimum absolute atomic E-state index is 0.0819. The Balaban J connectivity index is 3.61. The number of carbonyl (C=O) groups is 1. The molecule has 0 heterocycles. The summed E-state index contributed by atoms with van der Waals surface area (Å²) in [6.45, 7) is 4.19. The lowest BCUT2D eigenvalue weighted by molar-refractivity contribution is -0.123. The zero-order valence-electron chi connectivity index (χ0n) is 40.4. The lowest BCUT2D eigenvalue weighted by Crippen LogP contribution is -2.45. The van der Waals surface area contributed by atoms with E-state index in [-0.39, 0.29) is 12.5 Å². The molecule has 0 aliphatic rings. The van der Waals surface area contributed by atoms with Crippen LogP contribution in [0.3, 0.4) is 0 Å². The first kappa shape index (κ1) is 58.6. The summed E-state index contributed by atoms with van der Waals surface area (Å²) in [5, 5.41) is 23.1. The number of rotatable bonds is 47. The van der Waals surface area contributed by atoms with Crippen molar-refractivity contribution >= 4 is 5.91 Å². The van der Waals surface area contributed by atoms with Crippen LogP contribution in [0.15, 0.2) is 85.1 Å². The third-order valence-electron chi connectivity index (χ3n) is 11.6. The Morgan fingerprint density at radius 3 is 1.15 bits per heavy atom. The smallest absolute Gasteiger partial charge is 0.220 e. The molecule has 0 aliphatic carbocycles. The van der Waals surface area contributed by atoms with Crippen LogP contribution in [0.4, 0.5) is 0 Å². The highest BCUT2D eigenvalue weighted by Crippen LogP contribution is 2.15. The number of unbranched alkanes of at least 4 members (excludes halogenated alkanes) is 28. The Hall–Kier alpha value is -2.43. The predicted molar refractivity (Wildman–Crippen MR) is 271 cm³/mol. The Bertz CT molecular complexity index is 1100. The highest BCUT2D eigenvalue weighted by atomic mass is 16.3. The zero-order valence-corrected chi connectivity index (χ0v) is 40.4. The van der Waals surface area contributed by atoms with Gasteiger partial charge in [0.1, 0.15) is 0 Å². The van der Waals surface area contributed by atoms with E-state index in [9.17, 15) is 15.0 Å². The van der Waals surface area contributed by atoms with E-state index in [0.29, 0.717) is 6.42 Å². The number of amides is 1. The number of carbonyl (C=O) groups excluding carboxylic acids is 1. The largest absolute Gasteiger partial charge is 0.394 e. The molecule has 4 nitrogen and oxygen atoms in total. The average molecular weight is 848 g/mol. The van der Waals surface area contributed by atoms with Crippen molar-refractivity contribution in [3.8, 4) is 0 Å². The van der Waals surface area contributed by atoms with E-state index < -0.39 is 12.1 Å². The van der Waals surface area contributed by atoms with Crippen LogP contribution in [-0.4, -0.2) is 34.9 Å². The second-order valence-corrected chi connectivity index (χ2v) is 17.5. The van der Waals surface area contributed by atoms with Crippen LogP contribution >= 0.6 is 0 Å². The molecule has 0 rings (SSSR count). The first-order chi connectivity index (χ1) is 30.2. The number of hydrogen-bond acceptors (Lipinski definition) is 3. The van der Waals surface area contributed by atoms with Crippen LogP contribution in [0.2, 0.25) is 0 Å². The van der Waals surface area contributed by atoms with E-state index in [1.54, 1.807) is 6.08 Å². The lowest BCUT2D eigenvalue weighted by atomic mass is 10.0. The molecule has 0 aromatic carbocycles. The van der Waals surface area contributed by atoms with Crippen molar-refractivity contribution in [3.63, 3.8) is 0 Å². The number of aliphatic hydroxyl groups excluding tert-OH is 2. The van der Waals surface area contributed by atoms with Gasteiger partial charge < -0.3 is 15.5 Å². The number of aliphatic hydroxyl groups is 2. The van der Waals surface area contributed by atoms with Crippen LogP contribution in [0.5, 0.6) is 0 Å². The van der Waals surface area contributed by atoms with Crippen molar-refractivity contribution in [3.05, 3.63) is 85.1 Å².